The standard InChI is InChI=1S/C30H48O4/c1-25(2)21-9-12-29(6)22(27(21,4)11-10-23(25)32)8-7-19-20-17-26(3,18-31)13-15-30(20,24(33)34)16-14-28(19,29)5/h7,20-23,31-32H,8-18H2,1-6H3,(H,33,34)/t20?,21?,22?,23-,26-,27-,28?,29+,30-/m0/s1. The largest absolute Gasteiger partial charge is 0.481 e. The van der Waals surface area contributed by atoms with E-state index in [2.05, 4.69) is 47.6 Å². The van der Waals surface area contributed by atoms with E-state index in [0.29, 0.717) is 18.3 Å². The molecule has 0 bridgehead atoms. The van der Waals surface area contributed by atoms with Gasteiger partial charge in [-0.2, -0.15) is 0 Å². The Balaban J connectivity index is 1.60. The van der Waals surface area contributed by atoms with Gasteiger partial charge >= 0.3 is 5.97 Å². The highest BCUT2D eigenvalue weighted by atomic mass is 16.4. The minimum Gasteiger partial charge on any atom is -0.481 e. The molecule has 3 N–H and O–H groups in total. The number of hydrogen-bond acceptors (Lipinski definition) is 3. The molecule has 4 saturated carbocycles. The van der Waals surface area contributed by atoms with Gasteiger partial charge in [-0.05, 0) is 109 Å². The highest BCUT2D eigenvalue weighted by molar-refractivity contribution is 5.76. The molecular formula is C30H48O4. The highest BCUT2D eigenvalue weighted by Gasteiger charge is 2.69. The maximum atomic E-state index is 12.8. The smallest absolute Gasteiger partial charge is 0.310 e. The van der Waals surface area contributed by atoms with Crippen LogP contribution in [0.15, 0.2) is 11.6 Å². The number of rotatable bonds is 2. The normalized spacial score (nSPS) is 54.1. The maximum absolute atomic E-state index is 12.8. The summed E-state index contributed by atoms with van der Waals surface area (Å²) in [5, 5.41) is 31.6. The second-order valence-electron chi connectivity index (χ2n) is 14.9. The molecule has 4 nitrogen and oxygen atoms in total. The number of allylic oxidation sites excluding steroid dienone is 2. The van der Waals surface area contributed by atoms with Crippen LogP contribution in [0.1, 0.15) is 106 Å². The topological polar surface area (TPSA) is 77.8 Å². The molecule has 4 unspecified atom stereocenters. The first-order chi connectivity index (χ1) is 15.7. The Labute approximate surface area is 206 Å². The van der Waals surface area contributed by atoms with E-state index < -0.39 is 11.4 Å². The van der Waals surface area contributed by atoms with Gasteiger partial charge < -0.3 is 15.3 Å². The Kier molecular flexibility index (Phi) is 5.36. The van der Waals surface area contributed by atoms with Crippen molar-refractivity contribution in [3.8, 4) is 0 Å². The molecule has 5 rings (SSSR count). The van der Waals surface area contributed by atoms with Gasteiger partial charge in [-0.3, -0.25) is 4.79 Å². The first-order valence-electron chi connectivity index (χ1n) is 13.9. The molecule has 192 valence electrons. The molecule has 0 aliphatic heterocycles. The van der Waals surface area contributed by atoms with Gasteiger partial charge in [0.2, 0.25) is 0 Å². The lowest BCUT2D eigenvalue weighted by Crippen LogP contribution is -2.65. The zero-order chi connectivity index (χ0) is 24.9. The summed E-state index contributed by atoms with van der Waals surface area (Å²) in [6.07, 6.45) is 11.6. The molecule has 4 fully saturated rings. The second kappa shape index (κ2) is 7.34. The van der Waals surface area contributed by atoms with Gasteiger partial charge in [0.05, 0.1) is 11.5 Å². The quantitative estimate of drug-likeness (QED) is 0.418. The van der Waals surface area contributed by atoms with Gasteiger partial charge in [-0.25, -0.2) is 0 Å². The third kappa shape index (κ3) is 2.88. The van der Waals surface area contributed by atoms with Crippen LogP contribution >= 0.6 is 0 Å². The first-order valence-corrected chi connectivity index (χ1v) is 13.9. The fourth-order valence-corrected chi connectivity index (χ4v) is 10.7. The molecule has 5 aliphatic rings. The number of carboxylic acids is 1. The summed E-state index contributed by atoms with van der Waals surface area (Å²) in [5.41, 5.74) is 0.844. The molecule has 5 aliphatic carbocycles. The van der Waals surface area contributed by atoms with Crippen molar-refractivity contribution in [3.05, 3.63) is 11.6 Å². The van der Waals surface area contributed by atoms with E-state index >= 15 is 0 Å². The van der Waals surface area contributed by atoms with Crippen molar-refractivity contribution in [3.63, 3.8) is 0 Å². The van der Waals surface area contributed by atoms with Crippen molar-refractivity contribution in [2.45, 2.75) is 112 Å². The van der Waals surface area contributed by atoms with Crippen LogP contribution in [-0.4, -0.2) is 34.0 Å². The van der Waals surface area contributed by atoms with E-state index in [9.17, 15) is 20.1 Å². The molecule has 4 heteroatoms. The predicted molar refractivity (Wildman–Crippen MR) is 134 cm³/mol. The van der Waals surface area contributed by atoms with Crippen molar-refractivity contribution in [2.75, 3.05) is 6.61 Å². The summed E-state index contributed by atoms with van der Waals surface area (Å²) in [5.74, 6) is 0.493. The third-order valence-corrected chi connectivity index (χ3v) is 13.3. The number of hydrogen-bond donors (Lipinski definition) is 3. The minimum atomic E-state index is -0.665. The summed E-state index contributed by atoms with van der Waals surface area (Å²) in [6, 6.07) is 0. The monoisotopic (exact) mass is 472 g/mol. The van der Waals surface area contributed by atoms with E-state index in [1.54, 1.807) is 0 Å². The lowest BCUT2D eigenvalue weighted by Gasteiger charge is -2.71. The Morgan fingerprint density at radius 2 is 1.62 bits per heavy atom. The van der Waals surface area contributed by atoms with E-state index in [1.807, 2.05) is 0 Å². The number of carboxylic acid groups (broad SMARTS) is 1. The summed E-state index contributed by atoms with van der Waals surface area (Å²) >= 11 is 0. The van der Waals surface area contributed by atoms with E-state index in [4.69, 9.17) is 0 Å². The number of aliphatic hydroxyl groups is 2. The number of carbonyl (C=O) groups is 1. The lowest BCUT2D eigenvalue weighted by atomic mass is 9.33. The number of aliphatic hydroxyl groups excluding tert-OH is 2. The summed E-state index contributed by atoms with van der Waals surface area (Å²) < 4.78 is 0. The van der Waals surface area contributed by atoms with Gasteiger partial charge in [0.15, 0.2) is 0 Å². The van der Waals surface area contributed by atoms with Crippen LogP contribution in [-0.2, 0) is 4.79 Å². The van der Waals surface area contributed by atoms with Crippen molar-refractivity contribution >= 4 is 5.97 Å². The Bertz CT molecular complexity index is 907. The number of aliphatic carboxylic acids is 1. The van der Waals surface area contributed by atoms with Crippen molar-refractivity contribution in [2.24, 2.45) is 50.2 Å². The Morgan fingerprint density at radius 1 is 0.941 bits per heavy atom. The van der Waals surface area contributed by atoms with Crippen LogP contribution in [0.25, 0.3) is 0 Å². The van der Waals surface area contributed by atoms with Crippen molar-refractivity contribution in [1.82, 2.24) is 0 Å². The Hall–Kier alpha value is -0.870. The summed E-state index contributed by atoms with van der Waals surface area (Å²) in [7, 11) is 0. The average Bonchev–Trinajstić information content (AvgIpc) is 2.77. The molecule has 0 amide bonds. The fraction of sp³-hybridized carbons (Fsp3) is 0.900. The SMILES string of the molecule is CC1(C)C2CC[C@]3(C)C(CC=C4C5C[C@@](C)(CO)CC[C@]5(C(=O)O)CCC43C)[C@@]2(C)CC[C@@H]1O. The molecule has 0 saturated heterocycles. The zero-order valence-corrected chi connectivity index (χ0v) is 22.4. The van der Waals surface area contributed by atoms with Crippen LogP contribution < -0.4 is 0 Å². The van der Waals surface area contributed by atoms with Crippen molar-refractivity contribution < 1.29 is 20.1 Å². The van der Waals surface area contributed by atoms with Gasteiger partial charge in [0, 0.05) is 6.61 Å². The van der Waals surface area contributed by atoms with Gasteiger partial charge in [-0.1, -0.05) is 53.2 Å². The molecule has 0 aromatic carbocycles. The van der Waals surface area contributed by atoms with E-state index in [-0.39, 0.29) is 45.7 Å². The van der Waals surface area contributed by atoms with Crippen LogP contribution in [0.3, 0.4) is 0 Å². The third-order valence-electron chi connectivity index (χ3n) is 13.3. The number of fused-ring (bicyclic) bond motifs is 7. The molecule has 0 spiro atoms. The van der Waals surface area contributed by atoms with E-state index in [0.717, 1.165) is 57.8 Å². The molecular weight excluding hydrogens is 424 g/mol. The molecule has 0 aromatic rings. The fourth-order valence-electron chi connectivity index (χ4n) is 10.7. The minimum absolute atomic E-state index is 0.00141. The van der Waals surface area contributed by atoms with Gasteiger partial charge in [0.25, 0.3) is 0 Å². The molecule has 0 heterocycles. The summed E-state index contributed by atoms with van der Waals surface area (Å²) in [6.45, 7) is 14.4. The molecule has 34 heavy (non-hydrogen) atoms. The van der Waals surface area contributed by atoms with Gasteiger partial charge in [0.1, 0.15) is 0 Å². The second-order valence-corrected chi connectivity index (χ2v) is 14.9. The molecule has 9 atom stereocenters. The highest BCUT2D eigenvalue weighted by Crippen LogP contribution is 2.75. The maximum Gasteiger partial charge on any atom is 0.310 e. The van der Waals surface area contributed by atoms with Crippen LogP contribution in [0, 0.1) is 50.2 Å². The van der Waals surface area contributed by atoms with E-state index in [1.165, 1.54) is 5.57 Å². The van der Waals surface area contributed by atoms with Crippen molar-refractivity contribution in [1.29, 1.82) is 0 Å². The zero-order valence-electron chi connectivity index (χ0n) is 22.4. The molecule has 0 aromatic heterocycles. The summed E-state index contributed by atoms with van der Waals surface area (Å²) in [4.78, 5) is 12.8. The van der Waals surface area contributed by atoms with Crippen LogP contribution in [0.4, 0.5) is 0 Å². The predicted octanol–water partition coefficient (Wildman–Crippen LogP) is 6.21. The van der Waals surface area contributed by atoms with Crippen LogP contribution in [0.2, 0.25) is 0 Å². The average molecular weight is 473 g/mol. The lowest BCUT2D eigenvalue weighted by molar-refractivity contribution is -0.206. The van der Waals surface area contributed by atoms with Crippen LogP contribution in [0.5, 0.6) is 0 Å². The molecule has 0 radical (unpaired) electrons. The Morgan fingerprint density at radius 3 is 2.26 bits per heavy atom. The van der Waals surface area contributed by atoms with Gasteiger partial charge in [-0.15, -0.1) is 0 Å². The first kappa shape index (κ1) is 24.8.